The molecule has 74 valence electrons. The summed E-state index contributed by atoms with van der Waals surface area (Å²) in [7, 11) is 0. The van der Waals surface area contributed by atoms with E-state index in [1.54, 1.807) is 0 Å². The average molecular weight is 303 g/mol. The molecule has 1 fully saturated rings. The summed E-state index contributed by atoms with van der Waals surface area (Å²) in [4.78, 5) is 10.9. The zero-order valence-corrected chi connectivity index (χ0v) is 9.65. The Balaban J connectivity index is 2.12. The van der Waals surface area contributed by atoms with Crippen molar-refractivity contribution in [2.24, 2.45) is 0 Å². The van der Waals surface area contributed by atoms with Gasteiger partial charge in [0, 0.05) is 10.1 Å². The molecule has 1 atom stereocenters. The number of carbonyl (C=O) groups excluding carboxylic acids is 1. The van der Waals surface area contributed by atoms with Crippen molar-refractivity contribution >= 4 is 28.5 Å². The van der Waals surface area contributed by atoms with Crippen LogP contribution in [0.2, 0.25) is 0 Å². The van der Waals surface area contributed by atoms with Crippen LogP contribution in [0.25, 0.3) is 0 Å². The zero-order chi connectivity index (χ0) is 9.97. The van der Waals surface area contributed by atoms with Crippen molar-refractivity contribution < 1.29 is 9.53 Å². The van der Waals surface area contributed by atoms with E-state index < -0.39 is 0 Å². The Hall–Kier alpha value is -0.620. The second-order valence-electron chi connectivity index (χ2n) is 3.16. The third-order valence-electron chi connectivity index (χ3n) is 2.12. The van der Waals surface area contributed by atoms with Crippen LogP contribution in [-0.4, -0.2) is 19.1 Å². The van der Waals surface area contributed by atoms with E-state index in [0.717, 1.165) is 5.56 Å². The molecule has 14 heavy (non-hydrogen) atoms. The van der Waals surface area contributed by atoms with Gasteiger partial charge in [0.2, 0.25) is 5.91 Å². The first-order valence-electron chi connectivity index (χ1n) is 4.39. The van der Waals surface area contributed by atoms with Gasteiger partial charge in [0.05, 0.1) is 0 Å². The SMILES string of the molecule is O=C1CO[C@H](c2cccc(I)c2)CN1. The molecule has 0 saturated carbocycles. The van der Waals surface area contributed by atoms with E-state index in [2.05, 4.69) is 34.0 Å². The van der Waals surface area contributed by atoms with Crippen LogP contribution in [0.1, 0.15) is 11.7 Å². The van der Waals surface area contributed by atoms with E-state index in [0.29, 0.717) is 6.54 Å². The first-order valence-corrected chi connectivity index (χ1v) is 5.47. The normalized spacial score (nSPS) is 21.8. The van der Waals surface area contributed by atoms with Crippen molar-refractivity contribution in [3.05, 3.63) is 33.4 Å². The van der Waals surface area contributed by atoms with Gasteiger partial charge in [0.25, 0.3) is 0 Å². The van der Waals surface area contributed by atoms with Crippen LogP contribution < -0.4 is 5.32 Å². The number of hydrogen-bond donors (Lipinski definition) is 1. The van der Waals surface area contributed by atoms with Crippen molar-refractivity contribution in [1.29, 1.82) is 0 Å². The van der Waals surface area contributed by atoms with E-state index in [1.807, 2.05) is 18.2 Å². The molecule has 0 spiro atoms. The Morgan fingerprint density at radius 1 is 1.50 bits per heavy atom. The van der Waals surface area contributed by atoms with Crippen LogP contribution in [-0.2, 0) is 9.53 Å². The summed E-state index contributed by atoms with van der Waals surface area (Å²) in [6.45, 7) is 0.731. The first-order chi connectivity index (χ1) is 6.75. The van der Waals surface area contributed by atoms with Crippen molar-refractivity contribution in [3.8, 4) is 0 Å². The van der Waals surface area contributed by atoms with E-state index in [-0.39, 0.29) is 18.6 Å². The number of hydrogen-bond acceptors (Lipinski definition) is 2. The summed E-state index contributed by atoms with van der Waals surface area (Å²) < 4.78 is 6.60. The summed E-state index contributed by atoms with van der Waals surface area (Å²) in [5.74, 6) is -0.0353. The Morgan fingerprint density at radius 2 is 2.36 bits per heavy atom. The largest absolute Gasteiger partial charge is 0.362 e. The van der Waals surface area contributed by atoms with Crippen LogP contribution in [0.15, 0.2) is 24.3 Å². The van der Waals surface area contributed by atoms with Crippen LogP contribution in [0.3, 0.4) is 0 Å². The van der Waals surface area contributed by atoms with E-state index >= 15 is 0 Å². The van der Waals surface area contributed by atoms with Gasteiger partial charge >= 0.3 is 0 Å². The summed E-state index contributed by atoms with van der Waals surface area (Å²) in [6, 6.07) is 8.12. The number of amides is 1. The molecular weight excluding hydrogens is 293 g/mol. The molecule has 0 aromatic heterocycles. The highest BCUT2D eigenvalue weighted by atomic mass is 127. The molecule has 1 saturated heterocycles. The topological polar surface area (TPSA) is 38.3 Å². The molecule has 1 amide bonds. The Morgan fingerprint density at radius 3 is 3.00 bits per heavy atom. The molecule has 2 rings (SSSR count). The van der Waals surface area contributed by atoms with E-state index in [4.69, 9.17) is 4.74 Å². The van der Waals surface area contributed by atoms with Crippen molar-refractivity contribution in [2.75, 3.05) is 13.2 Å². The van der Waals surface area contributed by atoms with Crippen molar-refractivity contribution in [3.63, 3.8) is 0 Å². The molecule has 1 heterocycles. The second kappa shape index (κ2) is 4.27. The number of morpholine rings is 1. The van der Waals surface area contributed by atoms with Crippen molar-refractivity contribution in [2.45, 2.75) is 6.10 Å². The standard InChI is InChI=1S/C10H10INO2/c11-8-3-1-2-7(4-8)9-5-12-10(13)6-14-9/h1-4,9H,5-6H2,(H,12,13)/t9-/m0/s1. The molecule has 0 aliphatic carbocycles. The van der Waals surface area contributed by atoms with Gasteiger partial charge in [-0.15, -0.1) is 0 Å². The zero-order valence-electron chi connectivity index (χ0n) is 7.50. The second-order valence-corrected chi connectivity index (χ2v) is 4.40. The smallest absolute Gasteiger partial charge is 0.246 e. The molecule has 1 aromatic rings. The summed E-state index contributed by atoms with van der Waals surface area (Å²) >= 11 is 2.26. The van der Waals surface area contributed by atoms with Gasteiger partial charge in [-0.2, -0.15) is 0 Å². The fourth-order valence-electron chi connectivity index (χ4n) is 1.41. The lowest BCUT2D eigenvalue weighted by Gasteiger charge is -2.23. The third-order valence-corrected chi connectivity index (χ3v) is 2.79. The van der Waals surface area contributed by atoms with Gasteiger partial charge in [-0.05, 0) is 40.3 Å². The maximum absolute atomic E-state index is 10.9. The molecule has 0 bridgehead atoms. The van der Waals surface area contributed by atoms with Crippen molar-refractivity contribution in [1.82, 2.24) is 5.32 Å². The van der Waals surface area contributed by atoms with Crippen LogP contribution in [0.5, 0.6) is 0 Å². The van der Waals surface area contributed by atoms with Crippen LogP contribution in [0, 0.1) is 3.57 Å². The van der Waals surface area contributed by atoms with Gasteiger partial charge in [-0.25, -0.2) is 0 Å². The Bertz CT molecular complexity index is 344. The summed E-state index contributed by atoms with van der Waals surface area (Å²) in [5, 5.41) is 2.78. The van der Waals surface area contributed by atoms with Gasteiger partial charge in [0.1, 0.15) is 12.7 Å². The molecule has 0 radical (unpaired) electrons. The van der Waals surface area contributed by atoms with E-state index in [1.165, 1.54) is 3.57 Å². The molecule has 1 aliphatic heterocycles. The molecule has 1 aliphatic rings. The average Bonchev–Trinajstić information content (AvgIpc) is 2.19. The maximum atomic E-state index is 10.9. The molecular formula is C10H10INO2. The highest BCUT2D eigenvalue weighted by Gasteiger charge is 2.19. The molecule has 0 unspecified atom stereocenters. The lowest BCUT2D eigenvalue weighted by atomic mass is 10.1. The monoisotopic (exact) mass is 303 g/mol. The van der Waals surface area contributed by atoms with Crippen LogP contribution >= 0.6 is 22.6 Å². The highest BCUT2D eigenvalue weighted by molar-refractivity contribution is 14.1. The fraction of sp³-hybridized carbons (Fsp3) is 0.300. The first kappa shape index (κ1) is 9.92. The molecule has 4 heteroatoms. The fourth-order valence-corrected chi connectivity index (χ4v) is 1.98. The highest BCUT2D eigenvalue weighted by Crippen LogP contribution is 2.20. The number of ether oxygens (including phenoxy) is 1. The molecule has 1 aromatic carbocycles. The third kappa shape index (κ3) is 2.24. The summed E-state index contributed by atoms with van der Waals surface area (Å²) in [6.07, 6.45) is 0.00224. The number of nitrogens with one attached hydrogen (secondary N) is 1. The minimum Gasteiger partial charge on any atom is -0.362 e. The van der Waals surface area contributed by atoms with Gasteiger partial charge in [0.15, 0.2) is 0 Å². The minimum atomic E-state index is -0.0353. The molecule has 1 N–H and O–H groups in total. The number of halogens is 1. The van der Waals surface area contributed by atoms with Gasteiger partial charge in [-0.1, -0.05) is 12.1 Å². The Labute approximate surface area is 96.0 Å². The molecule has 3 nitrogen and oxygen atoms in total. The van der Waals surface area contributed by atoms with E-state index in [9.17, 15) is 4.79 Å². The lowest BCUT2D eigenvalue weighted by molar-refractivity contribution is -0.133. The number of benzene rings is 1. The minimum absolute atomic E-state index is 0.00224. The maximum Gasteiger partial charge on any atom is 0.246 e. The quantitative estimate of drug-likeness (QED) is 0.798. The van der Waals surface area contributed by atoms with Gasteiger partial charge in [-0.3, -0.25) is 4.79 Å². The lowest BCUT2D eigenvalue weighted by Crippen LogP contribution is -2.38. The predicted octanol–water partition coefficient (Wildman–Crippen LogP) is 1.48. The van der Waals surface area contributed by atoms with Gasteiger partial charge < -0.3 is 10.1 Å². The number of carbonyl (C=O) groups is 1. The summed E-state index contributed by atoms with van der Waals surface area (Å²) in [5.41, 5.74) is 1.12. The van der Waals surface area contributed by atoms with Crippen LogP contribution in [0.4, 0.5) is 0 Å². The number of rotatable bonds is 1. The Kier molecular flexibility index (Phi) is 3.02. The predicted molar refractivity (Wildman–Crippen MR) is 60.9 cm³/mol.